The van der Waals surface area contributed by atoms with E-state index >= 15 is 0 Å². The van der Waals surface area contributed by atoms with E-state index in [9.17, 15) is 0 Å². The number of hydrogen-bond acceptors (Lipinski definition) is 2. The molecule has 0 aromatic rings. The maximum atomic E-state index is 8.86. The number of nitrogens with zero attached hydrogens (tertiary/aromatic N) is 2. The van der Waals surface area contributed by atoms with E-state index in [0.29, 0.717) is 12.6 Å². The molecule has 1 fully saturated rings. The Morgan fingerprint density at radius 2 is 2.00 bits per heavy atom. The zero-order chi connectivity index (χ0) is 11.1. The summed E-state index contributed by atoms with van der Waals surface area (Å²) in [4.78, 5) is 2.41. The summed E-state index contributed by atoms with van der Waals surface area (Å²) in [7, 11) is 0. The van der Waals surface area contributed by atoms with Gasteiger partial charge in [-0.2, -0.15) is 5.26 Å². The van der Waals surface area contributed by atoms with Gasteiger partial charge in [-0.25, -0.2) is 0 Å². The molecule has 1 aliphatic carbocycles. The summed E-state index contributed by atoms with van der Waals surface area (Å²) in [6.45, 7) is 6.21. The van der Waals surface area contributed by atoms with Crippen LogP contribution in [-0.2, 0) is 0 Å². The van der Waals surface area contributed by atoms with Gasteiger partial charge in [-0.15, -0.1) is 0 Å². The van der Waals surface area contributed by atoms with Crippen LogP contribution in [-0.4, -0.2) is 24.0 Å². The molecule has 0 saturated heterocycles. The molecule has 2 atom stereocenters. The standard InChI is InChI=1S/C13H24N2/c1-3-10-15(11-9-14)13-8-6-5-7-12(13)4-2/h12-13H,3-8,10-11H2,1-2H3. The Labute approximate surface area is 94.3 Å². The van der Waals surface area contributed by atoms with Gasteiger partial charge < -0.3 is 0 Å². The van der Waals surface area contributed by atoms with Gasteiger partial charge in [0.25, 0.3) is 0 Å². The van der Waals surface area contributed by atoms with Crippen LogP contribution in [0.2, 0.25) is 0 Å². The summed E-state index contributed by atoms with van der Waals surface area (Å²) in [6, 6.07) is 3.00. The Morgan fingerprint density at radius 1 is 1.27 bits per heavy atom. The van der Waals surface area contributed by atoms with Crippen molar-refractivity contribution >= 4 is 0 Å². The second-order valence-electron chi connectivity index (χ2n) is 4.65. The first-order chi connectivity index (χ1) is 7.33. The number of nitriles is 1. The molecule has 0 aromatic carbocycles. The van der Waals surface area contributed by atoms with E-state index in [-0.39, 0.29) is 0 Å². The lowest BCUT2D eigenvalue weighted by Crippen LogP contribution is -2.43. The quantitative estimate of drug-likeness (QED) is 0.649. The lowest BCUT2D eigenvalue weighted by molar-refractivity contribution is 0.114. The Balaban J connectivity index is 2.58. The van der Waals surface area contributed by atoms with Gasteiger partial charge in [0.05, 0.1) is 12.6 Å². The fourth-order valence-corrected chi connectivity index (χ4v) is 2.89. The highest BCUT2D eigenvalue weighted by Crippen LogP contribution is 2.30. The van der Waals surface area contributed by atoms with E-state index < -0.39 is 0 Å². The molecule has 1 aliphatic rings. The molecule has 0 spiro atoms. The molecule has 0 aliphatic heterocycles. The molecule has 0 N–H and O–H groups in total. The minimum Gasteiger partial charge on any atom is -0.287 e. The fourth-order valence-electron chi connectivity index (χ4n) is 2.89. The van der Waals surface area contributed by atoms with E-state index in [1.54, 1.807) is 0 Å². The van der Waals surface area contributed by atoms with Crippen LogP contribution in [0.4, 0.5) is 0 Å². The minimum atomic E-state index is 0.620. The topological polar surface area (TPSA) is 27.0 Å². The van der Waals surface area contributed by atoms with E-state index in [2.05, 4.69) is 24.8 Å². The molecular weight excluding hydrogens is 184 g/mol. The van der Waals surface area contributed by atoms with Gasteiger partial charge in [-0.1, -0.05) is 33.1 Å². The van der Waals surface area contributed by atoms with Gasteiger partial charge in [-0.05, 0) is 31.7 Å². The van der Waals surface area contributed by atoms with Crippen LogP contribution in [0.25, 0.3) is 0 Å². The molecule has 86 valence electrons. The van der Waals surface area contributed by atoms with Crippen LogP contribution in [0.3, 0.4) is 0 Å². The summed E-state index contributed by atoms with van der Waals surface area (Å²) in [5.41, 5.74) is 0. The van der Waals surface area contributed by atoms with Crippen LogP contribution in [0.1, 0.15) is 52.4 Å². The summed E-state index contributed by atoms with van der Waals surface area (Å²) < 4.78 is 0. The molecular formula is C13H24N2. The van der Waals surface area contributed by atoms with E-state index in [4.69, 9.17) is 5.26 Å². The molecule has 0 bridgehead atoms. The Bertz CT molecular complexity index is 207. The predicted octanol–water partition coefficient (Wildman–Crippen LogP) is 3.19. The average Bonchev–Trinajstić information content (AvgIpc) is 2.29. The third-order valence-electron chi connectivity index (χ3n) is 3.65. The van der Waals surface area contributed by atoms with E-state index in [1.807, 2.05) is 0 Å². The fraction of sp³-hybridized carbons (Fsp3) is 0.923. The van der Waals surface area contributed by atoms with Crippen LogP contribution in [0, 0.1) is 17.2 Å². The first kappa shape index (κ1) is 12.5. The van der Waals surface area contributed by atoms with Crippen LogP contribution in [0.5, 0.6) is 0 Å². The molecule has 2 nitrogen and oxygen atoms in total. The van der Waals surface area contributed by atoms with Crippen molar-refractivity contribution in [2.24, 2.45) is 5.92 Å². The van der Waals surface area contributed by atoms with Gasteiger partial charge in [0.2, 0.25) is 0 Å². The predicted molar refractivity (Wildman–Crippen MR) is 63.5 cm³/mol. The Kier molecular flexibility index (Phi) is 5.71. The largest absolute Gasteiger partial charge is 0.287 e. The maximum absolute atomic E-state index is 8.86. The first-order valence-electron chi connectivity index (χ1n) is 6.44. The van der Waals surface area contributed by atoms with Crippen molar-refractivity contribution in [2.75, 3.05) is 13.1 Å². The summed E-state index contributed by atoms with van der Waals surface area (Å²) in [5, 5.41) is 8.86. The van der Waals surface area contributed by atoms with Crippen molar-refractivity contribution < 1.29 is 0 Å². The van der Waals surface area contributed by atoms with Gasteiger partial charge in [0, 0.05) is 6.04 Å². The molecule has 0 heterocycles. The molecule has 1 rings (SSSR count). The zero-order valence-corrected chi connectivity index (χ0v) is 10.2. The molecule has 0 aromatic heterocycles. The van der Waals surface area contributed by atoms with Crippen LogP contribution in [0.15, 0.2) is 0 Å². The minimum absolute atomic E-state index is 0.620. The van der Waals surface area contributed by atoms with E-state index in [1.165, 1.54) is 32.1 Å². The summed E-state index contributed by atoms with van der Waals surface area (Å²) in [6.07, 6.45) is 7.85. The normalized spacial score (nSPS) is 26.5. The van der Waals surface area contributed by atoms with Crippen molar-refractivity contribution in [3.05, 3.63) is 0 Å². The lowest BCUT2D eigenvalue weighted by atomic mass is 9.82. The summed E-state index contributed by atoms with van der Waals surface area (Å²) in [5.74, 6) is 0.832. The van der Waals surface area contributed by atoms with Crippen LogP contribution < -0.4 is 0 Å². The molecule has 1 saturated carbocycles. The van der Waals surface area contributed by atoms with Gasteiger partial charge in [-0.3, -0.25) is 4.90 Å². The second-order valence-corrected chi connectivity index (χ2v) is 4.65. The van der Waals surface area contributed by atoms with Gasteiger partial charge in [0.1, 0.15) is 0 Å². The smallest absolute Gasteiger partial charge is 0.0868 e. The molecule has 0 radical (unpaired) electrons. The molecule has 2 heteroatoms. The summed E-state index contributed by atoms with van der Waals surface area (Å²) >= 11 is 0. The SMILES string of the molecule is CCCN(CC#N)C1CCCCC1CC. The number of hydrogen-bond donors (Lipinski definition) is 0. The zero-order valence-electron chi connectivity index (χ0n) is 10.2. The van der Waals surface area contributed by atoms with Gasteiger partial charge >= 0.3 is 0 Å². The first-order valence-corrected chi connectivity index (χ1v) is 6.44. The second kappa shape index (κ2) is 6.85. The molecule has 15 heavy (non-hydrogen) atoms. The highest BCUT2D eigenvalue weighted by Gasteiger charge is 2.28. The highest BCUT2D eigenvalue weighted by atomic mass is 15.2. The highest BCUT2D eigenvalue weighted by molar-refractivity contribution is 4.87. The average molecular weight is 208 g/mol. The number of rotatable bonds is 5. The monoisotopic (exact) mass is 208 g/mol. The van der Waals surface area contributed by atoms with Gasteiger partial charge in [0.15, 0.2) is 0 Å². The van der Waals surface area contributed by atoms with Crippen molar-refractivity contribution in [3.63, 3.8) is 0 Å². The molecule has 2 unspecified atom stereocenters. The molecule has 0 amide bonds. The Hall–Kier alpha value is -0.550. The van der Waals surface area contributed by atoms with Crippen molar-refractivity contribution in [3.8, 4) is 6.07 Å². The van der Waals surface area contributed by atoms with Crippen LogP contribution >= 0.6 is 0 Å². The van der Waals surface area contributed by atoms with Crippen molar-refractivity contribution in [1.29, 1.82) is 5.26 Å². The van der Waals surface area contributed by atoms with Crippen molar-refractivity contribution in [1.82, 2.24) is 4.90 Å². The lowest BCUT2D eigenvalue weighted by Gasteiger charge is -2.38. The Morgan fingerprint density at radius 3 is 2.60 bits per heavy atom. The third kappa shape index (κ3) is 3.50. The van der Waals surface area contributed by atoms with Crippen molar-refractivity contribution in [2.45, 2.75) is 58.4 Å². The maximum Gasteiger partial charge on any atom is 0.0868 e. The third-order valence-corrected chi connectivity index (χ3v) is 3.65. The van der Waals surface area contributed by atoms with E-state index in [0.717, 1.165) is 18.9 Å².